The third kappa shape index (κ3) is 7.50. The number of hydrogen-bond acceptors (Lipinski definition) is 3. The van der Waals surface area contributed by atoms with Gasteiger partial charge in [0, 0.05) is 12.3 Å². The van der Waals surface area contributed by atoms with Crippen molar-refractivity contribution in [3.8, 4) is 0 Å². The van der Waals surface area contributed by atoms with Gasteiger partial charge in [-0.25, -0.2) is 0 Å². The minimum atomic E-state index is -1.91. The van der Waals surface area contributed by atoms with Crippen molar-refractivity contribution < 1.29 is 14.0 Å². The Bertz CT molecular complexity index is 817. The fourth-order valence-corrected chi connectivity index (χ4v) is 5.39. The number of carbonyl (C=O) groups is 1. The van der Waals surface area contributed by atoms with Crippen LogP contribution in [-0.2, 0) is 19.6 Å². The molecule has 1 fully saturated rings. The Morgan fingerprint density at radius 3 is 2.33 bits per heavy atom. The summed E-state index contributed by atoms with van der Waals surface area (Å²) in [6, 6.07) is 10.2. The first-order valence-electron chi connectivity index (χ1n) is 12.6. The first-order valence-corrected chi connectivity index (χ1v) is 15.5. The predicted molar refractivity (Wildman–Crippen MR) is 142 cm³/mol. The Kier molecular flexibility index (Phi) is 9.49. The number of ketones is 1. The fraction of sp³-hybridized carbons (Fsp3) is 0.621. The summed E-state index contributed by atoms with van der Waals surface area (Å²) in [5.74, 6) is -0.0106. The van der Waals surface area contributed by atoms with Crippen LogP contribution in [0.1, 0.15) is 79.2 Å². The highest BCUT2D eigenvalue weighted by molar-refractivity contribution is 6.74. The van der Waals surface area contributed by atoms with Gasteiger partial charge in [-0.3, -0.25) is 4.79 Å². The molecule has 1 aromatic carbocycles. The summed E-state index contributed by atoms with van der Waals surface area (Å²) < 4.78 is 13.3. The van der Waals surface area contributed by atoms with Crippen molar-refractivity contribution in [2.45, 2.75) is 110 Å². The highest BCUT2D eigenvalue weighted by atomic mass is 28.4. The van der Waals surface area contributed by atoms with Crippen molar-refractivity contribution in [3.63, 3.8) is 0 Å². The summed E-state index contributed by atoms with van der Waals surface area (Å²) in [6.45, 7) is 21.9. The Balaban J connectivity index is 2.22. The highest BCUT2D eigenvalue weighted by Gasteiger charge is 2.41. The summed E-state index contributed by atoms with van der Waals surface area (Å²) in [6.07, 6.45) is 9.11. The molecular weight excluding hydrogens is 424 g/mol. The molecule has 0 spiro atoms. The van der Waals surface area contributed by atoms with Crippen molar-refractivity contribution >= 4 is 14.1 Å². The Hall–Kier alpha value is -1.49. The van der Waals surface area contributed by atoms with Gasteiger partial charge in [0.05, 0.1) is 17.8 Å². The second-order valence-electron chi connectivity index (χ2n) is 11.5. The van der Waals surface area contributed by atoms with Gasteiger partial charge < -0.3 is 9.16 Å². The standard InChI is InChI=1S/C29H46O3Si/c1-10-11-13-18-24(32-33(8,9)28(3,4)5)19-20-25-22(2)26(30)21-27(25)31-29(6,7)23-16-14-12-15-17-23/h12,14-17,19-20,24-25,27H,2,10-11,13,18,21H2,1,3-9H3/b20-19+/t24?,25-,27-/m1/s1. The zero-order chi connectivity index (χ0) is 24.9. The minimum Gasteiger partial charge on any atom is -0.411 e. The lowest BCUT2D eigenvalue weighted by Gasteiger charge is -2.39. The van der Waals surface area contributed by atoms with Crippen molar-refractivity contribution in [3.05, 3.63) is 60.2 Å². The Morgan fingerprint density at radius 1 is 1.12 bits per heavy atom. The van der Waals surface area contributed by atoms with E-state index in [1.54, 1.807) is 0 Å². The van der Waals surface area contributed by atoms with Gasteiger partial charge in [0.15, 0.2) is 14.1 Å². The predicted octanol–water partition coefficient (Wildman–Crippen LogP) is 7.98. The topological polar surface area (TPSA) is 35.5 Å². The minimum absolute atomic E-state index is 0.0590. The van der Waals surface area contributed by atoms with Crippen LogP contribution in [0.2, 0.25) is 18.1 Å². The average Bonchev–Trinajstić information content (AvgIpc) is 2.98. The van der Waals surface area contributed by atoms with Gasteiger partial charge in [-0.05, 0) is 49.5 Å². The molecule has 1 aromatic rings. The van der Waals surface area contributed by atoms with E-state index >= 15 is 0 Å². The van der Waals surface area contributed by atoms with Gasteiger partial charge >= 0.3 is 0 Å². The molecule has 3 atom stereocenters. The maximum atomic E-state index is 12.6. The lowest BCUT2D eigenvalue weighted by Crippen LogP contribution is -2.43. The Morgan fingerprint density at radius 2 is 1.76 bits per heavy atom. The fourth-order valence-electron chi connectivity index (χ4n) is 4.08. The third-order valence-electron chi connectivity index (χ3n) is 7.34. The molecule has 1 unspecified atom stereocenters. The number of hydrogen-bond donors (Lipinski definition) is 0. The largest absolute Gasteiger partial charge is 0.411 e. The summed E-state index contributed by atoms with van der Waals surface area (Å²) in [7, 11) is -1.91. The number of benzene rings is 1. The molecule has 1 saturated carbocycles. The molecule has 0 aliphatic heterocycles. The zero-order valence-corrected chi connectivity index (χ0v) is 23.2. The van der Waals surface area contributed by atoms with Crippen LogP contribution in [0.25, 0.3) is 0 Å². The van der Waals surface area contributed by atoms with Gasteiger partial charge in [-0.2, -0.15) is 0 Å². The van der Waals surface area contributed by atoms with Crippen LogP contribution < -0.4 is 0 Å². The summed E-state index contributed by atoms with van der Waals surface area (Å²) in [4.78, 5) is 12.6. The van der Waals surface area contributed by atoms with Crippen LogP contribution in [0.3, 0.4) is 0 Å². The molecule has 0 saturated heterocycles. The smallest absolute Gasteiger partial charge is 0.192 e. The molecule has 0 amide bonds. The second kappa shape index (κ2) is 11.3. The molecule has 1 aliphatic carbocycles. The Labute approximate surface area is 203 Å². The number of carbonyl (C=O) groups excluding carboxylic acids is 1. The lowest BCUT2D eigenvalue weighted by molar-refractivity contribution is -0.118. The molecule has 2 rings (SSSR count). The maximum absolute atomic E-state index is 12.6. The van der Waals surface area contributed by atoms with E-state index in [1.807, 2.05) is 18.2 Å². The molecular formula is C29H46O3Si. The normalized spacial score (nSPS) is 21.2. The van der Waals surface area contributed by atoms with E-state index in [0.717, 1.165) is 18.4 Å². The van der Waals surface area contributed by atoms with Gasteiger partial charge in [0.2, 0.25) is 0 Å². The molecule has 4 heteroatoms. The van der Waals surface area contributed by atoms with Crippen LogP contribution in [0.5, 0.6) is 0 Å². The molecule has 0 radical (unpaired) electrons. The van der Waals surface area contributed by atoms with Crippen molar-refractivity contribution in [2.24, 2.45) is 5.92 Å². The van der Waals surface area contributed by atoms with Crippen molar-refractivity contribution in [1.82, 2.24) is 0 Å². The SMILES string of the molecule is C=C1C(=O)C[C@@H](OC(C)(C)c2ccccc2)[C@@H]1/C=C/C(CCCCC)O[Si](C)(C)C(C)(C)C. The van der Waals surface area contributed by atoms with Crippen LogP contribution in [0, 0.1) is 5.92 Å². The first kappa shape index (κ1) is 27.7. The monoisotopic (exact) mass is 470 g/mol. The first-order chi connectivity index (χ1) is 15.3. The van der Waals surface area contributed by atoms with Crippen molar-refractivity contribution in [1.29, 1.82) is 0 Å². The molecule has 33 heavy (non-hydrogen) atoms. The maximum Gasteiger partial charge on any atom is 0.192 e. The van der Waals surface area contributed by atoms with E-state index in [4.69, 9.17) is 9.16 Å². The summed E-state index contributed by atoms with van der Waals surface area (Å²) in [5.41, 5.74) is 1.28. The van der Waals surface area contributed by atoms with E-state index in [-0.39, 0.29) is 28.9 Å². The molecule has 0 N–H and O–H groups in total. The van der Waals surface area contributed by atoms with E-state index in [1.165, 1.54) is 12.8 Å². The molecule has 184 valence electrons. The van der Waals surface area contributed by atoms with Gasteiger partial charge in [0.1, 0.15) is 0 Å². The van der Waals surface area contributed by atoms with E-state index in [2.05, 4.69) is 85.5 Å². The van der Waals surface area contributed by atoms with E-state index in [9.17, 15) is 4.79 Å². The summed E-state index contributed by atoms with van der Waals surface area (Å²) >= 11 is 0. The molecule has 0 aromatic heterocycles. The van der Waals surface area contributed by atoms with Crippen LogP contribution >= 0.6 is 0 Å². The zero-order valence-electron chi connectivity index (χ0n) is 22.2. The van der Waals surface area contributed by atoms with Gasteiger partial charge in [0.25, 0.3) is 0 Å². The van der Waals surface area contributed by atoms with Crippen LogP contribution in [-0.4, -0.2) is 26.3 Å². The van der Waals surface area contributed by atoms with E-state index < -0.39 is 13.9 Å². The lowest BCUT2D eigenvalue weighted by atomic mass is 9.95. The van der Waals surface area contributed by atoms with Crippen LogP contribution in [0.4, 0.5) is 0 Å². The molecule has 0 heterocycles. The quantitative estimate of drug-likeness (QED) is 0.142. The summed E-state index contributed by atoms with van der Waals surface area (Å²) in [5, 5.41) is 0.155. The second-order valence-corrected chi connectivity index (χ2v) is 16.3. The van der Waals surface area contributed by atoms with Crippen molar-refractivity contribution in [2.75, 3.05) is 0 Å². The molecule has 0 bridgehead atoms. The number of Topliss-reactive ketones (excluding diaryl/α,β-unsaturated/α-hetero) is 1. The van der Waals surface area contributed by atoms with Gasteiger partial charge in [-0.1, -0.05) is 96.0 Å². The van der Waals surface area contributed by atoms with E-state index in [0.29, 0.717) is 12.0 Å². The third-order valence-corrected chi connectivity index (χ3v) is 11.8. The number of ether oxygens (including phenoxy) is 1. The average molecular weight is 471 g/mol. The molecule has 1 aliphatic rings. The van der Waals surface area contributed by atoms with Crippen LogP contribution in [0.15, 0.2) is 54.6 Å². The number of unbranched alkanes of at least 4 members (excludes halogenated alkanes) is 2. The van der Waals surface area contributed by atoms with Gasteiger partial charge in [-0.15, -0.1) is 0 Å². The highest BCUT2D eigenvalue weighted by Crippen LogP contribution is 2.39. The molecule has 3 nitrogen and oxygen atoms in total. The number of rotatable bonds is 11.